The van der Waals surface area contributed by atoms with E-state index >= 15 is 0 Å². The normalized spacial score (nSPS) is 30.0. The largest absolute Gasteiger partial charge is 0.508 e. The van der Waals surface area contributed by atoms with E-state index in [9.17, 15) is 49.5 Å². The Morgan fingerprint density at radius 3 is 2.32 bits per heavy atom. The number of rotatable bonds is 6. The van der Waals surface area contributed by atoms with Crippen molar-refractivity contribution < 1.29 is 54.6 Å². The van der Waals surface area contributed by atoms with Crippen LogP contribution in [0.2, 0.25) is 0 Å². The molecule has 3 aliphatic carbocycles. The first-order valence-corrected chi connectivity index (χ1v) is 13.2. The number of benzene rings is 1. The lowest BCUT2D eigenvalue weighted by Gasteiger charge is -2.53. The number of fused-ring (bicyclic) bond motifs is 3. The topological polar surface area (TPSA) is 248 Å². The molecule has 7 atom stereocenters. The molecule has 1 aromatic carbocycles. The van der Waals surface area contributed by atoms with E-state index in [1.807, 2.05) is 0 Å². The van der Waals surface area contributed by atoms with Crippen LogP contribution < -0.4 is 11.1 Å². The molecule has 41 heavy (non-hydrogen) atoms. The molecule has 0 radical (unpaired) electrons. The molecule has 2 amide bonds. The van der Waals surface area contributed by atoms with Crippen LogP contribution in [0.4, 0.5) is 5.69 Å². The average molecular weight is 638 g/mol. The highest BCUT2D eigenvalue weighted by Gasteiger charge is 2.68. The van der Waals surface area contributed by atoms with Crippen LogP contribution in [-0.4, -0.2) is 102 Å². The number of anilines is 1. The number of halogens is 1. The molecule has 9 N–H and O–H groups in total. The average Bonchev–Trinajstić information content (AvgIpc) is 2.86. The van der Waals surface area contributed by atoms with E-state index in [1.165, 1.54) is 31.1 Å². The number of likely N-dealkylation sites (N-methyl/N-ethyl adjacent to an activating group) is 1. The number of nitrogens with zero attached hydrogens (tertiary/aromatic N) is 1. The van der Waals surface area contributed by atoms with Crippen LogP contribution in [0.25, 0.3) is 5.76 Å². The van der Waals surface area contributed by atoms with Gasteiger partial charge in [0.1, 0.15) is 27.7 Å². The summed E-state index contributed by atoms with van der Waals surface area (Å²) in [6.45, 7) is 1.57. The van der Waals surface area contributed by atoms with Crippen LogP contribution in [-0.2, 0) is 24.0 Å². The number of hydrogen-bond acceptors (Lipinski definition) is 11. The quantitative estimate of drug-likeness (QED) is 0.113. The number of alkyl halides is 1. The van der Waals surface area contributed by atoms with Crippen molar-refractivity contribution in [1.82, 2.24) is 4.90 Å². The number of aliphatic hydroxyl groups excluding tert-OH is 3. The number of hydrogen-bond donors (Lipinski definition) is 8. The first-order valence-electron chi connectivity index (χ1n) is 12.3. The summed E-state index contributed by atoms with van der Waals surface area (Å²) in [6, 6.07) is 1.23. The minimum atomic E-state index is -3.05. The Morgan fingerprint density at radius 1 is 1.17 bits per heavy atom. The van der Waals surface area contributed by atoms with Crippen molar-refractivity contribution in [3.63, 3.8) is 0 Å². The first kappa shape index (κ1) is 30.2. The molecule has 14 nitrogen and oxygen atoms in total. The lowest BCUT2D eigenvalue weighted by atomic mass is 9.54. The Hall–Kier alpha value is -3.79. The molecule has 0 spiro atoms. The molecule has 0 bridgehead atoms. The molecule has 1 saturated carbocycles. The summed E-state index contributed by atoms with van der Waals surface area (Å²) in [5.41, 5.74) is 0.323. The third kappa shape index (κ3) is 4.31. The van der Waals surface area contributed by atoms with Crippen LogP contribution in [0.1, 0.15) is 30.4 Å². The molecule has 15 heteroatoms. The molecule has 0 aliphatic heterocycles. The standard InChI is InChI=1S/C26H28BrN3O11/c1-7-8-4-5-10(29-25(40)9(27)6-11(31)32)18(33)13(8)19(34)14-12(7)20(35)16-17(30(2)3)21(36)15(24(28)39)23(38)26(16,41)22(14)37/h4-5,7,9,12,16-17,20,33-35,38,41H,6H2,1-3H3,(H2,28,39)(H,29,40)(H,31,32)/t7?,9?,12?,16?,17-,20?,26-/m0/s1. The van der Waals surface area contributed by atoms with E-state index in [0.29, 0.717) is 0 Å². The highest BCUT2D eigenvalue weighted by atomic mass is 79.9. The first-order chi connectivity index (χ1) is 19.0. The molecule has 1 aromatic rings. The molecule has 5 unspecified atom stereocenters. The molecule has 4 rings (SSSR count). The molecule has 1 fully saturated rings. The number of ketones is 2. The van der Waals surface area contributed by atoms with E-state index < -0.39 is 105 Å². The van der Waals surface area contributed by atoms with Gasteiger partial charge in [-0.1, -0.05) is 28.9 Å². The van der Waals surface area contributed by atoms with Gasteiger partial charge in [0.15, 0.2) is 11.4 Å². The second kappa shape index (κ2) is 10.2. The van der Waals surface area contributed by atoms with Crippen molar-refractivity contribution in [2.24, 2.45) is 17.6 Å². The second-order valence-corrected chi connectivity index (χ2v) is 11.6. The second-order valence-electron chi connectivity index (χ2n) is 10.5. The molecular weight excluding hydrogens is 610 g/mol. The Balaban J connectivity index is 1.91. The number of aliphatic carboxylic acids is 1. The highest BCUT2D eigenvalue weighted by Crippen LogP contribution is 2.56. The Bertz CT molecular complexity index is 1470. The number of amides is 2. The molecule has 0 heterocycles. The summed E-state index contributed by atoms with van der Waals surface area (Å²) in [5, 5.41) is 67.8. The van der Waals surface area contributed by atoms with Gasteiger partial charge in [0.05, 0.1) is 35.7 Å². The fourth-order valence-electron chi connectivity index (χ4n) is 6.17. The maximum Gasteiger partial charge on any atom is 0.305 e. The number of Topliss-reactive ketones (excluding diaryl/α,β-unsaturated/α-hetero) is 2. The van der Waals surface area contributed by atoms with Gasteiger partial charge in [0.2, 0.25) is 11.7 Å². The predicted octanol–water partition coefficient (Wildman–Crippen LogP) is -0.327. The van der Waals surface area contributed by atoms with E-state index in [-0.39, 0.29) is 16.8 Å². The van der Waals surface area contributed by atoms with Crippen molar-refractivity contribution in [2.75, 3.05) is 19.4 Å². The third-order valence-corrected chi connectivity index (χ3v) is 8.77. The zero-order valence-electron chi connectivity index (χ0n) is 22.0. The minimum Gasteiger partial charge on any atom is -0.508 e. The number of carbonyl (C=O) groups is 5. The molecule has 0 saturated heterocycles. The Labute approximate surface area is 240 Å². The number of phenolic OH excluding ortho intramolecular Hbond substituents is 1. The van der Waals surface area contributed by atoms with E-state index in [4.69, 9.17) is 10.8 Å². The summed E-state index contributed by atoms with van der Waals surface area (Å²) in [7, 11) is 2.82. The molecule has 3 aliphatic rings. The Kier molecular flexibility index (Phi) is 7.54. The molecule has 220 valence electrons. The van der Waals surface area contributed by atoms with Gasteiger partial charge in [0, 0.05) is 11.5 Å². The van der Waals surface area contributed by atoms with Gasteiger partial charge in [-0.2, -0.15) is 0 Å². The maximum atomic E-state index is 14.0. The minimum absolute atomic E-state index is 0.239. The summed E-state index contributed by atoms with van der Waals surface area (Å²) < 4.78 is 0. The zero-order chi connectivity index (χ0) is 30.9. The number of carboxylic acids is 1. The van der Waals surface area contributed by atoms with Crippen LogP contribution in [0.5, 0.6) is 5.75 Å². The van der Waals surface area contributed by atoms with Crippen molar-refractivity contribution in [2.45, 2.75) is 41.8 Å². The molecular formula is C26H28BrN3O11. The van der Waals surface area contributed by atoms with E-state index in [0.717, 1.165) is 0 Å². The van der Waals surface area contributed by atoms with Gasteiger partial charge in [-0.3, -0.25) is 28.9 Å². The fraction of sp³-hybridized carbons (Fsp3) is 0.423. The summed E-state index contributed by atoms with van der Waals surface area (Å²) in [5.74, 6) is -12.5. The van der Waals surface area contributed by atoms with Crippen molar-refractivity contribution >= 4 is 56.7 Å². The summed E-state index contributed by atoms with van der Waals surface area (Å²) in [6.07, 6.45) is -2.31. The predicted molar refractivity (Wildman–Crippen MR) is 144 cm³/mol. The smallest absolute Gasteiger partial charge is 0.305 e. The van der Waals surface area contributed by atoms with Crippen molar-refractivity contribution in [3.05, 3.63) is 40.2 Å². The van der Waals surface area contributed by atoms with Gasteiger partial charge in [0.25, 0.3) is 5.91 Å². The van der Waals surface area contributed by atoms with Crippen LogP contribution in [0.3, 0.4) is 0 Å². The third-order valence-electron chi connectivity index (χ3n) is 8.03. The number of nitrogens with two attached hydrogens (primary N) is 1. The van der Waals surface area contributed by atoms with Crippen LogP contribution in [0, 0.1) is 11.8 Å². The van der Waals surface area contributed by atoms with E-state index in [2.05, 4.69) is 21.2 Å². The van der Waals surface area contributed by atoms with E-state index in [1.54, 1.807) is 6.92 Å². The maximum absolute atomic E-state index is 14.0. The SMILES string of the molecule is CC1c2ccc(NC(=O)C(Br)CC(=O)O)c(O)c2C(O)=C2C(=O)[C@]3(O)C(O)=C(C(N)=O)C(=O)[C@@H](N(C)C)C3C(O)C21. The van der Waals surface area contributed by atoms with Gasteiger partial charge in [-0.15, -0.1) is 0 Å². The number of phenols is 1. The number of aliphatic hydroxyl groups is 4. The van der Waals surface area contributed by atoms with Gasteiger partial charge in [-0.05, 0) is 31.6 Å². The van der Waals surface area contributed by atoms with Gasteiger partial charge in [-0.25, -0.2) is 0 Å². The lowest BCUT2D eigenvalue weighted by molar-refractivity contribution is -0.169. The van der Waals surface area contributed by atoms with Crippen molar-refractivity contribution in [1.29, 1.82) is 0 Å². The number of aromatic hydroxyl groups is 1. The molecule has 0 aromatic heterocycles. The number of nitrogens with one attached hydrogen (secondary N) is 1. The van der Waals surface area contributed by atoms with Crippen molar-refractivity contribution in [3.8, 4) is 5.75 Å². The highest BCUT2D eigenvalue weighted by molar-refractivity contribution is 9.10. The van der Waals surface area contributed by atoms with Crippen LogP contribution in [0.15, 0.2) is 29.0 Å². The van der Waals surface area contributed by atoms with Gasteiger partial charge < -0.3 is 41.7 Å². The zero-order valence-corrected chi connectivity index (χ0v) is 23.5. The monoisotopic (exact) mass is 637 g/mol. The number of carboxylic acid groups (broad SMARTS) is 1. The van der Waals surface area contributed by atoms with Gasteiger partial charge >= 0.3 is 5.97 Å². The lowest BCUT2D eigenvalue weighted by Crippen LogP contribution is -2.70. The number of primary amides is 1. The number of carbonyl (C=O) groups excluding carboxylic acids is 4. The fourth-order valence-corrected chi connectivity index (χ4v) is 6.57. The Morgan fingerprint density at radius 2 is 1.78 bits per heavy atom. The summed E-state index contributed by atoms with van der Waals surface area (Å²) in [4.78, 5) is 62.8. The summed E-state index contributed by atoms with van der Waals surface area (Å²) >= 11 is 2.94. The van der Waals surface area contributed by atoms with Crippen LogP contribution >= 0.6 is 15.9 Å².